The van der Waals surface area contributed by atoms with Crippen molar-refractivity contribution in [3.05, 3.63) is 69.5 Å². The molecule has 1 aromatic heterocycles. The summed E-state index contributed by atoms with van der Waals surface area (Å²) >= 11 is 13.4. The Balaban J connectivity index is 1.47. The van der Waals surface area contributed by atoms with Crippen LogP contribution >= 0.6 is 35.0 Å². The summed E-state index contributed by atoms with van der Waals surface area (Å²) in [4.78, 5) is 27.7. The van der Waals surface area contributed by atoms with Gasteiger partial charge in [-0.15, -0.1) is 10.2 Å². The number of aromatic nitrogens is 3. The van der Waals surface area contributed by atoms with Crippen molar-refractivity contribution in [2.75, 3.05) is 17.6 Å². The Morgan fingerprint density at radius 2 is 1.97 bits per heavy atom. The molecule has 1 N–H and O–H groups in total. The Morgan fingerprint density at radius 3 is 2.71 bits per heavy atom. The van der Waals surface area contributed by atoms with Gasteiger partial charge in [0.1, 0.15) is 0 Å². The number of nitrogens with zero attached hydrogens (tertiary/aromatic N) is 4. The van der Waals surface area contributed by atoms with Crippen molar-refractivity contribution >= 4 is 52.5 Å². The smallest absolute Gasteiger partial charge is 0.254 e. The van der Waals surface area contributed by atoms with Crippen LogP contribution in [0.25, 0.3) is 0 Å². The van der Waals surface area contributed by atoms with E-state index < -0.39 is 0 Å². The van der Waals surface area contributed by atoms with Crippen LogP contribution in [0.4, 0.5) is 5.69 Å². The maximum absolute atomic E-state index is 13.3. The van der Waals surface area contributed by atoms with Gasteiger partial charge < -0.3 is 14.8 Å². The molecule has 2 aromatic carbocycles. The molecule has 0 spiro atoms. The third-order valence-corrected chi connectivity index (χ3v) is 7.30. The molecule has 34 heavy (non-hydrogen) atoms. The molecule has 0 aliphatic carbocycles. The molecule has 10 heteroatoms. The molecule has 0 radical (unpaired) electrons. The highest BCUT2D eigenvalue weighted by atomic mass is 35.5. The van der Waals surface area contributed by atoms with Crippen LogP contribution in [0, 0.1) is 6.92 Å². The molecule has 1 saturated heterocycles. The van der Waals surface area contributed by atoms with E-state index in [-0.39, 0.29) is 23.6 Å². The quantitative estimate of drug-likeness (QED) is 0.411. The highest BCUT2D eigenvalue weighted by Crippen LogP contribution is 2.34. The summed E-state index contributed by atoms with van der Waals surface area (Å²) in [5.74, 6) is 0.706. The zero-order valence-electron chi connectivity index (χ0n) is 18.9. The number of rotatable bonds is 7. The Morgan fingerprint density at radius 1 is 1.18 bits per heavy atom. The molecule has 1 aliphatic rings. The molecule has 178 valence electrons. The Hall–Kier alpha value is -2.55. The molecule has 4 rings (SSSR count). The molecule has 2 amide bonds. The summed E-state index contributed by atoms with van der Waals surface area (Å²) in [5, 5.41) is 13.1. The van der Waals surface area contributed by atoms with Crippen molar-refractivity contribution < 1.29 is 9.59 Å². The lowest BCUT2D eigenvalue weighted by molar-refractivity contribution is -0.113. The Labute approximate surface area is 212 Å². The SMILES string of the molecule is CCn1c(SCC(=O)Nc2ccc(Cl)cc2Cl)nnc1C1CCCN1C(=O)c1ccccc1C. The van der Waals surface area contributed by atoms with E-state index in [2.05, 4.69) is 15.5 Å². The molecule has 1 aliphatic heterocycles. The number of carbonyl (C=O) groups excluding carboxylic acids is 2. The normalized spacial score (nSPS) is 15.5. The fourth-order valence-corrected chi connectivity index (χ4v) is 5.37. The minimum atomic E-state index is -0.210. The lowest BCUT2D eigenvalue weighted by Crippen LogP contribution is -2.32. The lowest BCUT2D eigenvalue weighted by atomic mass is 10.1. The zero-order chi connectivity index (χ0) is 24.2. The molecule has 1 atom stereocenters. The molecule has 2 heterocycles. The van der Waals surface area contributed by atoms with Gasteiger partial charge in [-0.05, 0) is 56.5 Å². The minimum Gasteiger partial charge on any atom is -0.328 e. The van der Waals surface area contributed by atoms with Gasteiger partial charge in [0.15, 0.2) is 11.0 Å². The van der Waals surface area contributed by atoms with Gasteiger partial charge in [-0.3, -0.25) is 9.59 Å². The van der Waals surface area contributed by atoms with Crippen molar-refractivity contribution in [1.29, 1.82) is 0 Å². The van der Waals surface area contributed by atoms with Crippen molar-refractivity contribution in [2.24, 2.45) is 0 Å². The second-order valence-electron chi connectivity index (χ2n) is 8.02. The maximum Gasteiger partial charge on any atom is 0.254 e. The van der Waals surface area contributed by atoms with Crippen LogP contribution in [-0.2, 0) is 11.3 Å². The van der Waals surface area contributed by atoms with Crippen molar-refractivity contribution in [3.8, 4) is 0 Å². The number of likely N-dealkylation sites (tertiary alicyclic amines) is 1. The molecular weight excluding hydrogens is 493 g/mol. The number of nitrogens with one attached hydrogen (secondary N) is 1. The summed E-state index contributed by atoms with van der Waals surface area (Å²) in [6.07, 6.45) is 1.74. The molecular formula is C24H25Cl2N5O2S. The number of carbonyl (C=O) groups is 2. The van der Waals surface area contributed by atoms with Crippen LogP contribution in [0.15, 0.2) is 47.6 Å². The molecule has 7 nitrogen and oxygen atoms in total. The summed E-state index contributed by atoms with van der Waals surface area (Å²) in [7, 11) is 0. The average molecular weight is 518 g/mol. The number of hydrogen-bond donors (Lipinski definition) is 1. The number of thioether (sulfide) groups is 1. The van der Waals surface area contributed by atoms with E-state index in [1.165, 1.54) is 11.8 Å². The van der Waals surface area contributed by atoms with Gasteiger partial charge in [-0.1, -0.05) is 53.2 Å². The van der Waals surface area contributed by atoms with E-state index in [0.717, 1.165) is 24.2 Å². The number of benzene rings is 2. The van der Waals surface area contributed by atoms with Crippen LogP contribution in [0.5, 0.6) is 0 Å². The highest BCUT2D eigenvalue weighted by molar-refractivity contribution is 7.99. The first-order chi connectivity index (χ1) is 16.4. The number of anilines is 1. The van der Waals surface area contributed by atoms with Crippen LogP contribution in [0.2, 0.25) is 10.0 Å². The van der Waals surface area contributed by atoms with E-state index >= 15 is 0 Å². The molecule has 0 bridgehead atoms. The Kier molecular flexibility index (Phi) is 7.80. The maximum atomic E-state index is 13.3. The fourth-order valence-electron chi connectivity index (χ4n) is 4.10. The van der Waals surface area contributed by atoms with Crippen LogP contribution in [0.3, 0.4) is 0 Å². The zero-order valence-corrected chi connectivity index (χ0v) is 21.3. The van der Waals surface area contributed by atoms with Crippen LogP contribution < -0.4 is 5.32 Å². The Bertz CT molecular complexity index is 1220. The monoisotopic (exact) mass is 517 g/mol. The van der Waals surface area contributed by atoms with Gasteiger partial charge in [-0.2, -0.15) is 0 Å². The number of aryl methyl sites for hydroxylation is 1. The van der Waals surface area contributed by atoms with E-state index in [4.69, 9.17) is 23.2 Å². The van der Waals surface area contributed by atoms with Crippen molar-refractivity contribution in [2.45, 2.75) is 44.4 Å². The van der Waals surface area contributed by atoms with Gasteiger partial charge in [-0.25, -0.2) is 0 Å². The molecule has 1 fully saturated rings. The fraction of sp³-hybridized carbons (Fsp3) is 0.333. The first kappa shape index (κ1) is 24.6. The first-order valence-corrected chi connectivity index (χ1v) is 12.8. The first-order valence-electron chi connectivity index (χ1n) is 11.1. The number of hydrogen-bond acceptors (Lipinski definition) is 5. The molecule has 3 aromatic rings. The average Bonchev–Trinajstić information content (AvgIpc) is 3.46. The standard InChI is InChI=1S/C24H25Cl2N5O2S/c1-3-30-22(20-9-6-12-31(20)23(33)17-8-5-4-7-15(17)2)28-29-24(30)34-14-21(32)27-19-11-10-16(25)13-18(19)26/h4-5,7-8,10-11,13,20H,3,6,9,12,14H2,1-2H3,(H,27,32). The van der Waals surface area contributed by atoms with Gasteiger partial charge in [0.05, 0.1) is 22.5 Å². The summed E-state index contributed by atoms with van der Waals surface area (Å²) in [5.41, 5.74) is 2.17. The predicted octanol–water partition coefficient (Wildman–Crippen LogP) is 5.62. The van der Waals surface area contributed by atoms with E-state index in [1.807, 2.05) is 47.6 Å². The summed E-state index contributed by atoms with van der Waals surface area (Å²) in [6.45, 7) is 5.27. The van der Waals surface area contributed by atoms with E-state index in [1.54, 1.807) is 18.2 Å². The molecule has 0 saturated carbocycles. The molecule has 1 unspecified atom stereocenters. The largest absolute Gasteiger partial charge is 0.328 e. The summed E-state index contributed by atoms with van der Waals surface area (Å²) < 4.78 is 1.99. The third kappa shape index (κ3) is 5.24. The van der Waals surface area contributed by atoms with E-state index in [0.29, 0.717) is 39.5 Å². The highest BCUT2D eigenvalue weighted by Gasteiger charge is 2.35. The van der Waals surface area contributed by atoms with Gasteiger partial charge in [0, 0.05) is 23.7 Å². The van der Waals surface area contributed by atoms with Crippen LogP contribution in [0.1, 0.15) is 47.6 Å². The van der Waals surface area contributed by atoms with Gasteiger partial charge in [0.25, 0.3) is 5.91 Å². The van der Waals surface area contributed by atoms with Crippen molar-refractivity contribution in [3.63, 3.8) is 0 Å². The van der Waals surface area contributed by atoms with Crippen LogP contribution in [-0.4, -0.2) is 43.8 Å². The second-order valence-corrected chi connectivity index (χ2v) is 9.80. The second kappa shape index (κ2) is 10.8. The lowest BCUT2D eigenvalue weighted by Gasteiger charge is -2.25. The number of amides is 2. The topological polar surface area (TPSA) is 80.1 Å². The number of halogens is 2. The van der Waals surface area contributed by atoms with E-state index in [9.17, 15) is 9.59 Å². The van der Waals surface area contributed by atoms with Crippen molar-refractivity contribution in [1.82, 2.24) is 19.7 Å². The third-order valence-electron chi connectivity index (χ3n) is 5.79. The summed E-state index contributed by atoms with van der Waals surface area (Å²) in [6, 6.07) is 12.4. The van der Waals surface area contributed by atoms with Gasteiger partial charge in [0.2, 0.25) is 5.91 Å². The van der Waals surface area contributed by atoms with Gasteiger partial charge >= 0.3 is 0 Å². The predicted molar refractivity (Wildman–Crippen MR) is 136 cm³/mol. The minimum absolute atomic E-state index is 0.0136.